The summed E-state index contributed by atoms with van der Waals surface area (Å²) >= 11 is 8.80. The highest BCUT2D eigenvalue weighted by molar-refractivity contribution is 9.10. The summed E-state index contributed by atoms with van der Waals surface area (Å²) in [7, 11) is 1.55. The molecule has 10 nitrogen and oxygen atoms in total. The molecule has 1 atom stereocenters. The number of halogens is 1. The van der Waals surface area contributed by atoms with Crippen LogP contribution in [0.4, 0.5) is 0 Å². The Bertz CT molecular complexity index is 1550. The molecule has 4 rings (SSSR count). The van der Waals surface area contributed by atoms with Gasteiger partial charge >= 0.3 is 5.97 Å². The van der Waals surface area contributed by atoms with Gasteiger partial charge in [-0.1, -0.05) is 64.5 Å². The van der Waals surface area contributed by atoms with Crippen LogP contribution in [0.15, 0.2) is 87.6 Å². The lowest BCUT2D eigenvalue weighted by molar-refractivity contribution is -0.139. The largest absolute Gasteiger partial charge is 0.493 e. The molecule has 1 aliphatic rings. The zero-order valence-electron chi connectivity index (χ0n) is 23.8. The predicted octanol–water partition coefficient (Wildman–Crippen LogP) is 4.92. The average molecular weight is 668 g/mol. The summed E-state index contributed by atoms with van der Waals surface area (Å²) in [5, 5.41) is 10.5. The second kappa shape index (κ2) is 15.2. The number of hydrogen-bond donors (Lipinski definition) is 3. The number of hydrogen-bond acceptors (Lipinski definition) is 8. The van der Waals surface area contributed by atoms with Gasteiger partial charge in [-0.3, -0.25) is 4.79 Å². The Morgan fingerprint density at radius 3 is 2.56 bits per heavy atom. The molecule has 12 heteroatoms. The quantitative estimate of drug-likeness (QED) is 0.107. The number of carbonyl (C=O) groups is 2. The van der Waals surface area contributed by atoms with Crippen LogP contribution in [0, 0.1) is 0 Å². The molecule has 1 heterocycles. The van der Waals surface area contributed by atoms with Gasteiger partial charge in [0.05, 0.1) is 31.5 Å². The van der Waals surface area contributed by atoms with E-state index in [0.29, 0.717) is 51.4 Å². The monoisotopic (exact) mass is 666 g/mol. The molecular formula is C31H31BrN4O6S. The van der Waals surface area contributed by atoms with Gasteiger partial charge in [0, 0.05) is 21.3 Å². The third kappa shape index (κ3) is 8.33. The third-order valence-corrected chi connectivity index (χ3v) is 6.92. The molecule has 0 fully saturated rings. The third-order valence-electron chi connectivity index (χ3n) is 6.24. The number of rotatable bonds is 12. The molecule has 3 N–H and O–H groups in total. The minimum atomic E-state index is -0.633. The van der Waals surface area contributed by atoms with Crippen molar-refractivity contribution in [3.8, 4) is 17.2 Å². The second-order valence-electron chi connectivity index (χ2n) is 9.21. The van der Waals surface area contributed by atoms with E-state index >= 15 is 0 Å². The van der Waals surface area contributed by atoms with E-state index in [-0.39, 0.29) is 13.2 Å². The van der Waals surface area contributed by atoms with Crippen molar-refractivity contribution in [2.24, 2.45) is 5.10 Å². The Hall–Kier alpha value is -4.42. The van der Waals surface area contributed by atoms with Crippen LogP contribution >= 0.6 is 28.1 Å². The summed E-state index contributed by atoms with van der Waals surface area (Å²) < 4.78 is 23.4. The van der Waals surface area contributed by atoms with Gasteiger partial charge in [-0.2, -0.15) is 5.10 Å². The molecule has 0 aliphatic carbocycles. The van der Waals surface area contributed by atoms with E-state index in [1.807, 2.05) is 30.3 Å². The highest BCUT2D eigenvalue weighted by Gasteiger charge is 2.32. The Labute approximate surface area is 263 Å². The molecular weight excluding hydrogens is 636 g/mol. The lowest BCUT2D eigenvalue weighted by atomic mass is 9.95. The van der Waals surface area contributed by atoms with E-state index in [1.54, 1.807) is 57.4 Å². The van der Waals surface area contributed by atoms with Gasteiger partial charge in [0.15, 0.2) is 23.2 Å². The van der Waals surface area contributed by atoms with Crippen molar-refractivity contribution < 1.29 is 28.5 Å². The lowest BCUT2D eigenvalue weighted by Gasteiger charge is -2.30. The standard InChI is InChI=1S/C31H31BrN4O6S/c1-4-40-30(38)27-19(2)34-31(43)35-28(27)23-12-8-9-13-24(23)41-18-26(37)36-33-16-21-14-22(32)15-25(39-3)29(21)42-17-20-10-6-5-7-11-20/h5-16,28H,4,17-18H2,1-3H3,(H,36,37)(H2,34,35,43)/t28-/m0/s1. The van der Waals surface area contributed by atoms with Crippen LogP contribution in [-0.2, 0) is 20.9 Å². The summed E-state index contributed by atoms with van der Waals surface area (Å²) in [6.07, 6.45) is 1.47. The van der Waals surface area contributed by atoms with E-state index in [9.17, 15) is 9.59 Å². The average Bonchev–Trinajstić information content (AvgIpc) is 2.99. The van der Waals surface area contributed by atoms with E-state index in [0.717, 1.165) is 10.0 Å². The maximum absolute atomic E-state index is 12.8. The van der Waals surface area contributed by atoms with Crippen LogP contribution in [-0.4, -0.2) is 43.5 Å². The number of nitrogens with zero attached hydrogens (tertiary/aromatic N) is 1. The molecule has 0 radical (unpaired) electrons. The Balaban J connectivity index is 1.45. The van der Waals surface area contributed by atoms with Gasteiger partial charge in [-0.15, -0.1) is 0 Å². The minimum Gasteiger partial charge on any atom is -0.493 e. The van der Waals surface area contributed by atoms with Crippen LogP contribution < -0.4 is 30.3 Å². The molecule has 0 aromatic heterocycles. The maximum atomic E-state index is 12.8. The Morgan fingerprint density at radius 1 is 1.07 bits per heavy atom. The Kier molecular flexibility index (Phi) is 11.1. The molecule has 43 heavy (non-hydrogen) atoms. The normalized spacial score (nSPS) is 14.5. The first-order valence-corrected chi connectivity index (χ1v) is 14.5. The molecule has 3 aromatic rings. The fourth-order valence-corrected chi connectivity index (χ4v) is 5.05. The number of benzene rings is 3. The SMILES string of the molecule is CCOC(=O)C1=C(C)NC(=S)N[C@H]1c1ccccc1OCC(=O)NN=Cc1cc(Br)cc(OC)c1OCc1ccccc1. The number of thiocarbonyl (C=S) groups is 1. The summed E-state index contributed by atoms with van der Waals surface area (Å²) in [5.41, 5.74) is 5.62. The molecule has 224 valence electrons. The minimum absolute atomic E-state index is 0.221. The molecule has 0 spiro atoms. The predicted molar refractivity (Wildman–Crippen MR) is 170 cm³/mol. The Morgan fingerprint density at radius 2 is 1.81 bits per heavy atom. The number of nitrogens with one attached hydrogen (secondary N) is 3. The first-order chi connectivity index (χ1) is 20.8. The smallest absolute Gasteiger partial charge is 0.338 e. The van der Waals surface area contributed by atoms with Crippen molar-refractivity contribution in [2.75, 3.05) is 20.3 Å². The van der Waals surface area contributed by atoms with Crippen molar-refractivity contribution >= 4 is 51.4 Å². The first-order valence-electron chi connectivity index (χ1n) is 13.3. The van der Waals surface area contributed by atoms with Crippen molar-refractivity contribution in [1.82, 2.24) is 16.1 Å². The number of hydrazone groups is 1. The van der Waals surface area contributed by atoms with Crippen LogP contribution in [0.1, 0.15) is 36.6 Å². The molecule has 1 aliphatic heterocycles. The molecule has 1 amide bonds. The van der Waals surface area contributed by atoms with Crippen molar-refractivity contribution in [3.63, 3.8) is 0 Å². The molecule has 0 saturated heterocycles. The zero-order valence-corrected chi connectivity index (χ0v) is 26.2. The number of para-hydroxylation sites is 1. The van der Waals surface area contributed by atoms with Crippen LogP contribution in [0.3, 0.4) is 0 Å². The number of amides is 1. The summed E-state index contributed by atoms with van der Waals surface area (Å²) in [6.45, 7) is 3.70. The fraction of sp³-hybridized carbons (Fsp3) is 0.226. The number of allylic oxidation sites excluding steroid dienone is 1. The van der Waals surface area contributed by atoms with Gasteiger partial charge in [0.2, 0.25) is 0 Å². The highest BCUT2D eigenvalue weighted by Crippen LogP contribution is 2.35. The van der Waals surface area contributed by atoms with Gasteiger partial charge in [0.1, 0.15) is 12.4 Å². The topological polar surface area (TPSA) is 120 Å². The number of ether oxygens (including phenoxy) is 4. The van der Waals surface area contributed by atoms with Gasteiger partial charge in [0.25, 0.3) is 5.91 Å². The van der Waals surface area contributed by atoms with Crippen molar-refractivity contribution in [1.29, 1.82) is 0 Å². The lowest BCUT2D eigenvalue weighted by Crippen LogP contribution is -2.45. The van der Waals surface area contributed by atoms with Crippen LogP contribution in [0.5, 0.6) is 17.2 Å². The highest BCUT2D eigenvalue weighted by atomic mass is 79.9. The van der Waals surface area contributed by atoms with E-state index in [2.05, 4.69) is 37.1 Å². The second-order valence-corrected chi connectivity index (χ2v) is 10.5. The molecule has 0 unspecified atom stereocenters. The summed E-state index contributed by atoms with van der Waals surface area (Å²) in [6, 6.07) is 19.8. The van der Waals surface area contributed by atoms with Crippen LogP contribution in [0.2, 0.25) is 0 Å². The van der Waals surface area contributed by atoms with Gasteiger partial charge in [-0.25, -0.2) is 10.2 Å². The molecule has 0 bridgehead atoms. The summed E-state index contributed by atoms with van der Waals surface area (Å²) in [4.78, 5) is 25.5. The van der Waals surface area contributed by atoms with E-state index in [4.69, 9.17) is 31.2 Å². The number of methoxy groups -OCH3 is 1. The molecule has 0 saturated carbocycles. The van der Waals surface area contributed by atoms with Gasteiger partial charge in [-0.05, 0) is 49.8 Å². The molecule has 3 aromatic carbocycles. The van der Waals surface area contributed by atoms with E-state index < -0.39 is 17.9 Å². The summed E-state index contributed by atoms with van der Waals surface area (Å²) in [5.74, 6) is 0.407. The van der Waals surface area contributed by atoms with Crippen molar-refractivity contribution in [3.05, 3.63) is 99.2 Å². The van der Waals surface area contributed by atoms with E-state index in [1.165, 1.54) is 6.21 Å². The number of esters is 1. The van der Waals surface area contributed by atoms with Gasteiger partial charge < -0.3 is 29.6 Å². The fourth-order valence-electron chi connectivity index (χ4n) is 4.33. The van der Waals surface area contributed by atoms with Crippen LogP contribution in [0.25, 0.3) is 0 Å². The zero-order chi connectivity index (χ0) is 30.8. The first kappa shape index (κ1) is 31.5. The van der Waals surface area contributed by atoms with Crippen molar-refractivity contribution in [2.45, 2.75) is 26.5 Å². The number of carbonyl (C=O) groups excluding carboxylic acids is 2. The maximum Gasteiger partial charge on any atom is 0.338 e.